The van der Waals surface area contributed by atoms with Gasteiger partial charge in [0.15, 0.2) is 0 Å². The van der Waals surface area contributed by atoms with Crippen molar-refractivity contribution in [3.8, 4) is 0 Å². The van der Waals surface area contributed by atoms with E-state index in [0.29, 0.717) is 5.41 Å². The maximum atomic E-state index is 5.75. The topological polar surface area (TPSA) is 26.0 Å². The minimum absolute atomic E-state index is 0.533. The second kappa shape index (κ2) is 3.37. The largest absolute Gasteiger partial charge is 0.330 e. The van der Waals surface area contributed by atoms with Crippen LogP contribution in [0.4, 0.5) is 0 Å². The van der Waals surface area contributed by atoms with Gasteiger partial charge in [0.25, 0.3) is 0 Å². The third kappa shape index (κ3) is 1.39. The monoisotopic (exact) mass is 169 g/mol. The Morgan fingerprint density at radius 2 is 1.75 bits per heavy atom. The standard InChI is InChI=1S/C11H23N/c1-5-8(6-2)10-9(7-12)11(10,3)4/h8-10H,5-7,12H2,1-4H3/t9-,10-/m0/s1. The van der Waals surface area contributed by atoms with Gasteiger partial charge in [-0.25, -0.2) is 0 Å². The lowest BCUT2D eigenvalue weighted by Crippen LogP contribution is -2.07. The van der Waals surface area contributed by atoms with Crippen molar-refractivity contribution in [2.24, 2.45) is 28.9 Å². The van der Waals surface area contributed by atoms with E-state index in [-0.39, 0.29) is 0 Å². The summed E-state index contributed by atoms with van der Waals surface area (Å²) >= 11 is 0. The van der Waals surface area contributed by atoms with Crippen LogP contribution in [-0.4, -0.2) is 6.54 Å². The molecule has 0 saturated heterocycles. The van der Waals surface area contributed by atoms with Gasteiger partial charge >= 0.3 is 0 Å². The lowest BCUT2D eigenvalue weighted by atomic mass is 9.92. The van der Waals surface area contributed by atoms with Gasteiger partial charge in [-0.15, -0.1) is 0 Å². The zero-order valence-electron chi connectivity index (χ0n) is 8.93. The summed E-state index contributed by atoms with van der Waals surface area (Å²) in [5.74, 6) is 2.61. The van der Waals surface area contributed by atoms with Crippen LogP contribution in [0.1, 0.15) is 40.5 Å². The summed E-state index contributed by atoms with van der Waals surface area (Å²) in [6.07, 6.45) is 2.64. The first kappa shape index (κ1) is 10.0. The highest BCUT2D eigenvalue weighted by molar-refractivity contribution is 5.07. The molecule has 1 saturated carbocycles. The van der Waals surface area contributed by atoms with Crippen LogP contribution in [-0.2, 0) is 0 Å². The van der Waals surface area contributed by atoms with E-state index in [4.69, 9.17) is 5.73 Å². The second-order valence-corrected chi connectivity index (χ2v) is 4.77. The van der Waals surface area contributed by atoms with Crippen LogP contribution in [0.5, 0.6) is 0 Å². The number of hydrogen-bond donors (Lipinski definition) is 1. The van der Waals surface area contributed by atoms with Crippen LogP contribution in [0.15, 0.2) is 0 Å². The molecular weight excluding hydrogens is 146 g/mol. The molecule has 0 heterocycles. The Morgan fingerprint density at radius 1 is 1.25 bits per heavy atom. The van der Waals surface area contributed by atoms with Crippen LogP contribution in [0.3, 0.4) is 0 Å². The fourth-order valence-corrected chi connectivity index (χ4v) is 2.97. The van der Waals surface area contributed by atoms with Crippen LogP contribution in [0, 0.1) is 23.2 Å². The van der Waals surface area contributed by atoms with Crippen molar-refractivity contribution in [3.63, 3.8) is 0 Å². The van der Waals surface area contributed by atoms with Crippen molar-refractivity contribution in [2.75, 3.05) is 6.54 Å². The number of hydrogen-bond acceptors (Lipinski definition) is 1. The van der Waals surface area contributed by atoms with E-state index in [9.17, 15) is 0 Å². The Morgan fingerprint density at radius 3 is 2.00 bits per heavy atom. The van der Waals surface area contributed by atoms with E-state index >= 15 is 0 Å². The molecule has 0 spiro atoms. The molecule has 1 aliphatic rings. The summed E-state index contributed by atoms with van der Waals surface area (Å²) in [6, 6.07) is 0. The molecule has 0 unspecified atom stereocenters. The first-order valence-corrected chi connectivity index (χ1v) is 5.29. The molecule has 0 aromatic carbocycles. The molecule has 1 aliphatic carbocycles. The van der Waals surface area contributed by atoms with E-state index in [0.717, 1.165) is 24.3 Å². The highest BCUT2D eigenvalue weighted by Crippen LogP contribution is 2.62. The molecule has 1 heteroatoms. The molecule has 0 bridgehead atoms. The summed E-state index contributed by atoms with van der Waals surface area (Å²) in [5, 5.41) is 0. The molecule has 1 nitrogen and oxygen atoms in total. The first-order chi connectivity index (χ1) is 5.59. The van der Waals surface area contributed by atoms with Gasteiger partial charge < -0.3 is 5.73 Å². The van der Waals surface area contributed by atoms with Gasteiger partial charge in [0, 0.05) is 0 Å². The molecule has 2 atom stereocenters. The highest BCUT2D eigenvalue weighted by atomic mass is 14.7. The van der Waals surface area contributed by atoms with Crippen LogP contribution >= 0.6 is 0 Å². The lowest BCUT2D eigenvalue weighted by Gasteiger charge is -2.13. The predicted molar refractivity (Wildman–Crippen MR) is 53.9 cm³/mol. The molecule has 72 valence electrons. The van der Waals surface area contributed by atoms with E-state index in [2.05, 4.69) is 27.7 Å². The molecule has 0 aliphatic heterocycles. The minimum Gasteiger partial charge on any atom is -0.330 e. The number of nitrogens with two attached hydrogens (primary N) is 1. The van der Waals surface area contributed by atoms with Crippen molar-refractivity contribution in [3.05, 3.63) is 0 Å². The summed E-state index contributed by atoms with van der Waals surface area (Å²) in [6.45, 7) is 10.2. The van der Waals surface area contributed by atoms with E-state index in [1.165, 1.54) is 12.8 Å². The van der Waals surface area contributed by atoms with Gasteiger partial charge in [0.05, 0.1) is 0 Å². The average Bonchev–Trinajstić information content (AvgIpc) is 2.57. The molecule has 2 N–H and O–H groups in total. The smallest absolute Gasteiger partial charge is 0.00407 e. The quantitative estimate of drug-likeness (QED) is 0.688. The summed E-state index contributed by atoms with van der Waals surface area (Å²) in [4.78, 5) is 0. The van der Waals surface area contributed by atoms with Crippen LogP contribution in [0.25, 0.3) is 0 Å². The second-order valence-electron chi connectivity index (χ2n) is 4.77. The SMILES string of the molecule is CCC(CC)[C@H]1[C@H](CN)C1(C)C. The normalized spacial score (nSPS) is 32.5. The summed E-state index contributed by atoms with van der Waals surface area (Å²) < 4.78 is 0. The van der Waals surface area contributed by atoms with Crippen molar-refractivity contribution >= 4 is 0 Å². The maximum absolute atomic E-state index is 5.75. The minimum atomic E-state index is 0.533. The van der Waals surface area contributed by atoms with Crippen molar-refractivity contribution in [1.82, 2.24) is 0 Å². The first-order valence-electron chi connectivity index (χ1n) is 5.29. The van der Waals surface area contributed by atoms with Crippen molar-refractivity contribution in [2.45, 2.75) is 40.5 Å². The van der Waals surface area contributed by atoms with Crippen molar-refractivity contribution < 1.29 is 0 Å². The molecule has 0 amide bonds. The summed E-state index contributed by atoms with van der Waals surface area (Å²) in [5.41, 5.74) is 6.28. The predicted octanol–water partition coefficient (Wildman–Crippen LogP) is 2.65. The lowest BCUT2D eigenvalue weighted by molar-refractivity contribution is 0.370. The molecule has 12 heavy (non-hydrogen) atoms. The molecule has 0 radical (unpaired) electrons. The molecule has 1 rings (SSSR count). The van der Waals surface area contributed by atoms with Gasteiger partial charge in [-0.2, -0.15) is 0 Å². The van der Waals surface area contributed by atoms with Gasteiger partial charge in [0.1, 0.15) is 0 Å². The van der Waals surface area contributed by atoms with E-state index in [1.54, 1.807) is 0 Å². The summed E-state index contributed by atoms with van der Waals surface area (Å²) in [7, 11) is 0. The van der Waals surface area contributed by atoms with Gasteiger partial charge in [-0.1, -0.05) is 40.5 Å². The third-order valence-electron chi connectivity index (χ3n) is 3.95. The Labute approximate surface area is 76.7 Å². The zero-order valence-corrected chi connectivity index (χ0v) is 8.93. The molecule has 1 fully saturated rings. The van der Waals surface area contributed by atoms with Crippen molar-refractivity contribution in [1.29, 1.82) is 0 Å². The van der Waals surface area contributed by atoms with Gasteiger partial charge in [0.2, 0.25) is 0 Å². The molecular formula is C11H23N. The Balaban J connectivity index is 2.55. The zero-order chi connectivity index (χ0) is 9.35. The Bertz CT molecular complexity index is 147. The maximum Gasteiger partial charge on any atom is -0.00407 e. The highest BCUT2D eigenvalue weighted by Gasteiger charge is 2.58. The number of rotatable bonds is 4. The van der Waals surface area contributed by atoms with E-state index < -0.39 is 0 Å². The van der Waals surface area contributed by atoms with Gasteiger partial charge in [-0.3, -0.25) is 0 Å². The Hall–Kier alpha value is -0.0400. The Kier molecular flexibility index (Phi) is 2.82. The van der Waals surface area contributed by atoms with Crippen LogP contribution in [0.2, 0.25) is 0 Å². The fraction of sp³-hybridized carbons (Fsp3) is 1.00. The third-order valence-corrected chi connectivity index (χ3v) is 3.95. The van der Waals surface area contributed by atoms with Crippen LogP contribution < -0.4 is 5.73 Å². The van der Waals surface area contributed by atoms with Gasteiger partial charge in [-0.05, 0) is 29.7 Å². The average molecular weight is 169 g/mol. The molecule has 0 aromatic heterocycles. The molecule has 0 aromatic rings. The fourth-order valence-electron chi connectivity index (χ4n) is 2.97. The van der Waals surface area contributed by atoms with E-state index in [1.807, 2.05) is 0 Å².